The fourth-order valence-corrected chi connectivity index (χ4v) is 3.65. The third-order valence-electron chi connectivity index (χ3n) is 4.25. The molecular formula is C19H19ClN4O3S. The average molecular weight is 419 g/mol. The number of aryl methyl sites for hydroxylation is 2. The van der Waals surface area contributed by atoms with Gasteiger partial charge in [-0.25, -0.2) is 18.2 Å². The van der Waals surface area contributed by atoms with Gasteiger partial charge in [0.2, 0.25) is 15.9 Å². The van der Waals surface area contributed by atoms with E-state index in [-0.39, 0.29) is 17.2 Å². The van der Waals surface area contributed by atoms with Crippen molar-refractivity contribution < 1.29 is 13.2 Å². The molecule has 0 unspecified atom stereocenters. The van der Waals surface area contributed by atoms with Gasteiger partial charge in [-0.3, -0.25) is 4.79 Å². The summed E-state index contributed by atoms with van der Waals surface area (Å²) >= 11 is 6.07. The first-order valence-corrected chi connectivity index (χ1v) is 10.3. The Morgan fingerprint density at radius 3 is 2.54 bits per heavy atom. The highest BCUT2D eigenvalue weighted by atomic mass is 35.5. The summed E-state index contributed by atoms with van der Waals surface area (Å²) in [4.78, 5) is 12.2. The van der Waals surface area contributed by atoms with E-state index in [9.17, 15) is 13.2 Å². The second-order valence-electron chi connectivity index (χ2n) is 6.39. The van der Waals surface area contributed by atoms with Crippen molar-refractivity contribution in [1.82, 2.24) is 9.78 Å². The van der Waals surface area contributed by atoms with Crippen LogP contribution in [0.2, 0.25) is 5.02 Å². The first-order chi connectivity index (χ1) is 13.1. The molecule has 146 valence electrons. The van der Waals surface area contributed by atoms with E-state index in [2.05, 4.69) is 10.4 Å². The lowest BCUT2D eigenvalue weighted by atomic mass is 10.1. The molecule has 3 aromatic rings. The molecule has 0 radical (unpaired) electrons. The topological polar surface area (TPSA) is 107 Å². The summed E-state index contributed by atoms with van der Waals surface area (Å²) in [6, 6.07) is 11.5. The number of nitrogens with zero attached hydrogens (tertiary/aromatic N) is 2. The largest absolute Gasteiger partial charge is 0.326 e. The Kier molecular flexibility index (Phi) is 5.55. The summed E-state index contributed by atoms with van der Waals surface area (Å²) in [7, 11) is -4.04. The highest BCUT2D eigenvalue weighted by Gasteiger charge is 2.18. The smallest absolute Gasteiger partial charge is 0.240 e. The summed E-state index contributed by atoms with van der Waals surface area (Å²) in [5, 5.41) is 12.9. The summed E-state index contributed by atoms with van der Waals surface area (Å²) in [5.41, 5.74) is 2.98. The summed E-state index contributed by atoms with van der Waals surface area (Å²) in [5.74, 6) is -0.327. The van der Waals surface area contributed by atoms with Crippen molar-refractivity contribution in [3.8, 4) is 5.69 Å². The third-order valence-corrected chi connectivity index (χ3v) is 5.56. The van der Waals surface area contributed by atoms with E-state index in [1.165, 1.54) is 10.7 Å². The molecule has 0 saturated heterocycles. The lowest BCUT2D eigenvalue weighted by Crippen LogP contribution is -2.18. The number of sulfonamides is 1. The number of benzene rings is 2. The number of aromatic nitrogens is 2. The molecule has 3 N–H and O–H groups in total. The van der Waals surface area contributed by atoms with Crippen LogP contribution in [0.15, 0.2) is 53.6 Å². The van der Waals surface area contributed by atoms with Crippen LogP contribution in [-0.2, 0) is 21.2 Å². The molecule has 0 spiro atoms. The Hall–Kier alpha value is -2.68. The van der Waals surface area contributed by atoms with Gasteiger partial charge in [-0.05, 0) is 49.2 Å². The number of anilines is 1. The van der Waals surface area contributed by atoms with Gasteiger partial charge in [0.1, 0.15) is 4.90 Å². The number of amides is 1. The van der Waals surface area contributed by atoms with Crippen LogP contribution in [-0.4, -0.2) is 24.1 Å². The van der Waals surface area contributed by atoms with E-state index >= 15 is 0 Å². The minimum absolute atomic E-state index is 0.0592. The van der Waals surface area contributed by atoms with Crippen LogP contribution < -0.4 is 10.5 Å². The molecule has 3 rings (SSSR count). The standard InChI is InChI=1S/C19H19ClN4O3S/c1-12-11-24(23-13(12)2)17-8-7-15(10-18(17)28(21,26)27)22-19(25)9-14-5-3-4-6-16(14)20/h3-8,10-11H,9H2,1-2H3,(H,22,25)(H2,21,26,27). The molecule has 0 aliphatic rings. The van der Waals surface area contributed by atoms with Gasteiger partial charge in [-0.2, -0.15) is 5.10 Å². The highest BCUT2D eigenvalue weighted by molar-refractivity contribution is 7.89. The van der Waals surface area contributed by atoms with Crippen LogP contribution in [0.25, 0.3) is 5.69 Å². The molecule has 0 aliphatic heterocycles. The first kappa shape index (κ1) is 20.1. The number of primary sulfonamides is 1. The zero-order valence-corrected chi connectivity index (χ0v) is 16.9. The maximum Gasteiger partial charge on any atom is 0.240 e. The van der Waals surface area contributed by atoms with Gasteiger partial charge in [-0.15, -0.1) is 0 Å². The molecule has 1 amide bonds. The van der Waals surface area contributed by atoms with E-state index in [4.69, 9.17) is 16.7 Å². The fraction of sp³-hybridized carbons (Fsp3) is 0.158. The van der Waals surface area contributed by atoms with E-state index in [0.717, 1.165) is 11.3 Å². The number of nitrogens with one attached hydrogen (secondary N) is 1. The molecule has 1 heterocycles. The minimum Gasteiger partial charge on any atom is -0.326 e. The highest BCUT2D eigenvalue weighted by Crippen LogP contribution is 2.24. The molecule has 9 heteroatoms. The molecule has 1 aromatic heterocycles. The summed E-state index contributed by atoms with van der Waals surface area (Å²) in [6.45, 7) is 3.70. The fourth-order valence-electron chi connectivity index (χ4n) is 2.70. The van der Waals surface area contributed by atoms with Crippen LogP contribution in [0.5, 0.6) is 0 Å². The normalized spacial score (nSPS) is 11.4. The number of carbonyl (C=O) groups excluding carboxylic acids is 1. The maximum atomic E-state index is 12.3. The zero-order valence-electron chi connectivity index (χ0n) is 15.3. The van der Waals surface area contributed by atoms with Crippen molar-refractivity contribution in [1.29, 1.82) is 0 Å². The maximum absolute atomic E-state index is 12.3. The second-order valence-corrected chi connectivity index (χ2v) is 8.32. The lowest BCUT2D eigenvalue weighted by molar-refractivity contribution is -0.115. The molecule has 0 aliphatic carbocycles. The molecular weight excluding hydrogens is 400 g/mol. The second kappa shape index (κ2) is 7.75. The van der Waals surface area contributed by atoms with Crippen LogP contribution in [0, 0.1) is 13.8 Å². The SMILES string of the molecule is Cc1cn(-c2ccc(NC(=O)Cc3ccccc3Cl)cc2S(N)(=O)=O)nc1C. The molecule has 0 saturated carbocycles. The van der Waals surface area contributed by atoms with Gasteiger partial charge in [0.05, 0.1) is 17.8 Å². The van der Waals surface area contributed by atoms with Crippen LogP contribution >= 0.6 is 11.6 Å². The number of nitrogens with two attached hydrogens (primary N) is 1. The molecule has 0 atom stereocenters. The Bertz CT molecular complexity index is 1140. The Morgan fingerprint density at radius 1 is 1.21 bits per heavy atom. The van der Waals surface area contributed by atoms with Gasteiger partial charge in [-0.1, -0.05) is 29.8 Å². The minimum atomic E-state index is -4.04. The molecule has 28 heavy (non-hydrogen) atoms. The average Bonchev–Trinajstić information content (AvgIpc) is 2.95. The third kappa shape index (κ3) is 4.41. The predicted octanol–water partition coefficient (Wildman–Crippen LogP) is 2.97. The van der Waals surface area contributed by atoms with Crippen LogP contribution in [0.3, 0.4) is 0 Å². The molecule has 2 aromatic carbocycles. The van der Waals surface area contributed by atoms with Crippen LogP contribution in [0.4, 0.5) is 5.69 Å². The van der Waals surface area contributed by atoms with Gasteiger partial charge < -0.3 is 5.32 Å². The molecule has 0 bridgehead atoms. The quantitative estimate of drug-likeness (QED) is 0.664. The lowest BCUT2D eigenvalue weighted by Gasteiger charge is -2.12. The predicted molar refractivity (Wildman–Crippen MR) is 108 cm³/mol. The number of rotatable bonds is 5. The van der Waals surface area contributed by atoms with Crippen molar-refractivity contribution in [2.45, 2.75) is 25.2 Å². The molecule has 0 fully saturated rings. The summed E-state index contributed by atoms with van der Waals surface area (Å²) in [6.07, 6.45) is 1.78. The zero-order chi connectivity index (χ0) is 20.5. The van der Waals surface area contributed by atoms with Crippen molar-refractivity contribution in [2.24, 2.45) is 5.14 Å². The van der Waals surface area contributed by atoms with E-state index in [1.54, 1.807) is 42.6 Å². The van der Waals surface area contributed by atoms with Crippen LogP contribution in [0.1, 0.15) is 16.8 Å². The van der Waals surface area contributed by atoms with Gasteiger partial charge in [0.25, 0.3) is 0 Å². The Balaban J connectivity index is 1.91. The van der Waals surface area contributed by atoms with E-state index in [1.807, 2.05) is 13.8 Å². The Morgan fingerprint density at radius 2 is 1.93 bits per heavy atom. The van der Waals surface area contributed by atoms with Crippen molar-refractivity contribution in [3.05, 3.63) is 70.5 Å². The summed E-state index contributed by atoms with van der Waals surface area (Å²) < 4.78 is 25.7. The van der Waals surface area contributed by atoms with Crippen molar-refractivity contribution >= 4 is 33.2 Å². The van der Waals surface area contributed by atoms with Crippen molar-refractivity contribution in [3.63, 3.8) is 0 Å². The van der Waals surface area contributed by atoms with E-state index < -0.39 is 10.0 Å². The first-order valence-electron chi connectivity index (χ1n) is 8.38. The van der Waals surface area contributed by atoms with Crippen molar-refractivity contribution in [2.75, 3.05) is 5.32 Å². The number of carbonyl (C=O) groups is 1. The monoisotopic (exact) mass is 418 g/mol. The van der Waals surface area contributed by atoms with Gasteiger partial charge in [0.15, 0.2) is 0 Å². The van der Waals surface area contributed by atoms with Gasteiger partial charge in [0, 0.05) is 16.9 Å². The number of halogens is 1. The molecule has 7 nitrogen and oxygen atoms in total. The van der Waals surface area contributed by atoms with Gasteiger partial charge >= 0.3 is 0 Å². The number of hydrogen-bond acceptors (Lipinski definition) is 4. The van der Waals surface area contributed by atoms with E-state index in [0.29, 0.717) is 22.0 Å². The number of hydrogen-bond donors (Lipinski definition) is 2. The Labute approximate surface area is 168 Å².